The van der Waals surface area contributed by atoms with Crippen LogP contribution in [-0.2, 0) is 16.1 Å². The summed E-state index contributed by atoms with van der Waals surface area (Å²) in [4.78, 5) is 35.6. The Balaban J connectivity index is 1.91. The Labute approximate surface area is 114 Å². The molecule has 0 aromatic carbocycles. The Kier molecular flexibility index (Phi) is 4.41. The number of carbonyl (C=O) groups excluding carboxylic acids is 2. The lowest BCUT2D eigenvalue weighted by atomic mass is 10.4. The molecule has 1 N–H and O–H groups in total. The number of likely N-dealkylation sites (tertiary alicyclic amines) is 1. The van der Waals surface area contributed by atoms with Gasteiger partial charge in [0.2, 0.25) is 11.8 Å². The van der Waals surface area contributed by atoms with E-state index in [-0.39, 0.29) is 17.5 Å². The number of hydrogen-bond donors (Lipinski definition) is 1. The lowest BCUT2D eigenvalue weighted by Gasteiger charge is -2.12. The monoisotopic (exact) mass is 284 g/mol. The molecule has 1 fully saturated rings. The van der Waals surface area contributed by atoms with Crippen LogP contribution < -0.4 is 5.69 Å². The maximum Gasteiger partial charge on any atom is 0.343 e. The minimum absolute atomic E-state index is 0.112. The van der Waals surface area contributed by atoms with Gasteiger partial charge in [-0.1, -0.05) is 18.7 Å². The number of carbonyl (C=O) groups is 2. The number of H-pyrrole nitrogens is 1. The van der Waals surface area contributed by atoms with Crippen molar-refractivity contribution in [2.45, 2.75) is 37.9 Å². The molecule has 1 aliphatic heterocycles. The Bertz CT molecular complexity index is 520. The molecule has 2 rings (SSSR count). The van der Waals surface area contributed by atoms with E-state index >= 15 is 0 Å². The molecule has 2 amide bonds. The van der Waals surface area contributed by atoms with Gasteiger partial charge in [-0.2, -0.15) is 0 Å². The fourth-order valence-electron chi connectivity index (χ4n) is 1.93. The quantitative estimate of drug-likeness (QED) is 0.596. The van der Waals surface area contributed by atoms with E-state index < -0.39 is 0 Å². The summed E-state index contributed by atoms with van der Waals surface area (Å²) in [5.74, 6) is 0.322. The summed E-state index contributed by atoms with van der Waals surface area (Å²) in [6.07, 6.45) is 1.47. The number of nitrogens with one attached hydrogen (secondary N) is 1. The van der Waals surface area contributed by atoms with Gasteiger partial charge < -0.3 is 0 Å². The normalized spacial score (nSPS) is 15.5. The third-order valence-corrected chi connectivity index (χ3v) is 3.83. The van der Waals surface area contributed by atoms with Crippen molar-refractivity contribution < 1.29 is 9.59 Å². The maximum atomic E-state index is 11.5. The van der Waals surface area contributed by atoms with Gasteiger partial charge in [0, 0.05) is 31.7 Å². The molecule has 1 aromatic rings. The fraction of sp³-hybridized carbons (Fsp3) is 0.636. The molecule has 1 aliphatic rings. The summed E-state index contributed by atoms with van der Waals surface area (Å²) in [6, 6.07) is 0. The Morgan fingerprint density at radius 2 is 1.89 bits per heavy atom. The molecule has 1 aromatic heterocycles. The smallest absolute Gasteiger partial charge is 0.282 e. The molecular weight excluding hydrogens is 268 g/mol. The largest absolute Gasteiger partial charge is 0.343 e. The van der Waals surface area contributed by atoms with Gasteiger partial charge in [-0.15, -0.1) is 5.10 Å². The van der Waals surface area contributed by atoms with Crippen molar-refractivity contribution in [1.82, 2.24) is 19.7 Å². The first kappa shape index (κ1) is 13.9. The van der Waals surface area contributed by atoms with E-state index in [2.05, 4.69) is 10.2 Å². The third kappa shape index (κ3) is 3.06. The minimum atomic E-state index is -0.224. The standard InChI is InChI=1S/C11H16N4O3S/c1-2-5-15-10(18)12-13-11(15)19-7-6-14-8(16)3-4-9(14)17/h2-7H2,1H3,(H,12,18). The van der Waals surface area contributed by atoms with E-state index in [4.69, 9.17) is 0 Å². The molecule has 19 heavy (non-hydrogen) atoms. The van der Waals surface area contributed by atoms with Crippen LogP contribution in [0.4, 0.5) is 0 Å². The summed E-state index contributed by atoms with van der Waals surface area (Å²) in [7, 11) is 0. The van der Waals surface area contributed by atoms with Crippen molar-refractivity contribution in [3.8, 4) is 0 Å². The predicted octanol–water partition coefficient (Wildman–Crippen LogP) is 0.222. The third-order valence-electron chi connectivity index (χ3n) is 2.87. The van der Waals surface area contributed by atoms with Crippen molar-refractivity contribution in [3.05, 3.63) is 10.5 Å². The van der Waals surface area contributed by atoms with Crippen LogP contribution in [0.2, 0.25) is 0 Å². The molecule has 0 radical (unpaired) electrons. The zero-order valence-electron chi connectivity index (χ0n) is 10.7. The number of rotatable bonds is 6. The van der Waals surface area contributed by atoms with Crippen LogP contribution in [0.5, 0.6) is 0 Å². The molecule has 0 spiro atoms. The van der Waals surface area contributed by atoms with Crippen LogP contribution >= 0.6 is 11.8 Å². The highest BCUT2D eigenvalue weighted by atomic mass is 32.2. The number of aromatic amines is 1. The van der Waals surface area contributed by atoms with E-state index in [9.17, 15) is 14.4 Å². The topological polar surface area (TPSA) is 88.1 Å². The first-order valence-corrected chi connectivity index (χ1v) is 7.23. The van der Waals surface area contributed by atoms with Gasteiger partial charge >= 0.3 is 5.69 Å². The summed E-state index contributed by atoms with van der Waals surface area (Å²) < 4.78 is 1.57. The van der Waals surface area contributed by atoms with Gasteiger partial charge in [-0.05, 0) is 6.42 Å². The van der Waals surface area contributed by atoms with E-state index in [0.29, 0.717) is 36.8 Å². The molecule has 0 aliphatic carbocycles. The number of aromatic nitrogens is 3. The highest BCUT2D eigenvalue weighted by Gasteiger charge is 2.28. The molecule has 0 atom stereocenters. The first-order valence-electron chi connectivity index (χ1n) is 6.24. The molecule has 8 heteroatoms. The van der Waals surface area contributed by atoms with Gasteiger partial charge in [-0.25, -0.2) is 9.89 Å². The maximum absolute atomic E-state index is 11.5. The van der Waals surface area contributed by atoms with Crippen LogP contribution in [0.3, 0.4) is 0 Å². The minimum Gasteiger partial charge on any atom is -0.282 e. The first-order chi connectivity index (χ1) is 9.13. The van der Waals surface area contributed by atoms with Gasteiger partial charge in [0.05, 0.1) is 0 Å². The zero-order valence-corrected chi connectivity index (χ0v) is 11.5. The Morgan fingerprint density at radius 1 is 1.21 bits per heavy atom. The zero-order chi connectivity index (χ0) is 13.8. The van der Waals surface area contributed by atoms with E-state index in [1.807, 2.05) is 6.92 Å². The Morgan fingerprint density at radius 3 is 2.53 bits per heavy atom. The average molecular weight is 284 g/mol. The highest BCUT2D eigenvalue weighted by molar-refractivity contribution is 7.99. The van der Waals surface area contributed by atoms with Crippen molar-refractivity contribution in [3.63, 3.8) is 0 Å². The molecule has 2 heterocycles. The second kappa shape index (κ2) is 6.05. The SMILES string of the molecule is CCCn1c(SCCN2C(=O)CCC2=O)n[nH]c1=O. The average Bonchev–Trinajstić information content (AvgIpc) is 2.88. The van der Waals surface area contributed by atoms with Gasteiger partial charge in [0.15, 0.2) is 5.16 Å². The number of nitrogens with zero attached hydrogens (tertiary/aromatic N) is 3. The van der Waals surface area contributed by atoms with E-state index in [0.717, 1.165) is 6.42 Å². The predicted molar refractivity (Wildman–Crippen MR) is 69.8 cm³/mol. The van der Waals surface area contributed by atoms with E-state index in [1.54, 1.807) is 4.57 Å². The summed E-state index contributed by atoms with van der Waals surface area (Å²) in [6.45, 7) is 2.96. The lowest BCUT2D eigenvalue weighted by Crippen LogP contribution is -2.31. The summed E-state index contributed by atoms with van der Waals surface area (Å²) in [5.41, 5.74) is -0.224. The van der Waals surface area contributed by atoms with Crippen molar-refractivity contribution in [2.75, 3.05) is 12.3 Å². The molecule has 7 nitrogen and oxygen atoms in total. The highest BCUT2D eigenvalue weighted by Crippen LogP contribution is 2.16. The van der Waals surface area contributed by atoms with Crippen LogP contribution in [0.25, 0.3) is 0 Å². The van der Waals surface area contributed by atoms with Gasteiger partial charge in [0.1, 0.15) is 0 Å². The van der Waals surface area contributed by atoms with Crippen LogP contribution in [0, 0.1) is 0 Å². The van der Waals surface area contributed by atoms with Crippen molar-refractivity contribution >= 4 is 23.6 Å². The second-order valence-electron chi connectivity index (χ2n) is 4.25. The van der Waals surface area contributed by atoms with Crippen LogP contribution in [0.15, 0.2) is 9.95 Å². The lowest BCUT2D eigenvalue weighted by molar-refractivity contribution is -0.137. The number of amides is 2. The molecule has 0 saturated carbocycles. The summed E-state index contributed by atoms with van der Waals surface area (Å²) in [5, 5.41) is 6.95. The number of thioether (sulfide) groups is 1. The second-order valence-corrected chi connectivity index (χ2v) is 5.31. The number of imide groups is 1. The molecule has 1 saturated heterocycles. The van der Waals surface area contributed by atoms with Gasteiger partial charge in [-0.3, -0.25) is 19.1 Å². The van der Waals surface area contributed by atoms with Crippen molar-refractivity contribution in [2.24, 2.45) is 0 Å². The van der Waals surface area contributed by atoms with Crippen molar-refractivity contribution in [1.29, 1.82) is 0 Å². The molecule has 104 valence electrons. The van der Waals surface area contributed by atoms with Crippen LogP contribution in [-0.4, -0.2) is 43.8 Å². The van der Waals surface area contributed by atoms with E-state index in [1.165, 1.54) is 16.7 Å². The Hall–Kier alpha value is -1.57. The molecule has 0 unspecified atom stereocenters. The number of hydrogen-bond acceptors (Lipinski definition) is 5. The summed E-state index contributed by atoms with van der Waals surface area (Å²) >= 11 is 1.37. The van der Waals surface area contributed by atoms with Crippen LogP contribution in [0.1, 0.15) is 26.2 Å². The fourth-order valence-corrected chi connectivity index (χ4v) is 2.83. The molecular formula is C11H16N4O3S. The molecule has 0 bridgehead atoms. The van der Waals surface area contributed by atoms with Gasteiger partial charge in [0.25, 0.3) is 0 Å².